The van der Waals surface area contributed by atoms with Crippen molar-refractivity contribution in [1.29, 1.82) is 5.26 Å². The van der Waals surface area contributed by atoms with Crippen LogP contribution in [-0.2, 0) is 5.41 Å². The number of amides is 1. The van der Waals surface area contributed by atoms with Gasteiger partial charge in [0.2, 0.25) is 12.2 Å². The van der Waals surface area contributed by atoms with E-state index >= 15 is 0 Å². The van der Waals surface area contributed by atoms with E-state index in [-0.39, 0.29) is 17.4 Å². The largest absolute Gasteiger partial charge is 0.359 e. The summed E-state index contributed by atoms with van der Waals surface area (Å²) in [6.45, 7) is 0.532. The molecule has 0 spiro atoms. The highest BCUT2D eigenvalue weighted by molar-refractivity contribution is 5.91. The van der Waals surface area contributed by atoms with Gasteiger partial charge in [-0.3, -0.25) is 9.78 Å². The summed E-state index contributed by atoms with van der Waals surface area (Å²) in [4.78, 5) is 24.3. The van der Waals surface area contributed by atoms with Crippen molar-refractivity contribution in [3.05, 3.63) is 60.2 Å². The monoisotopic (exact) mass is 391 g/mol. The molecule has 1 heterocycles. The Bertz CT molecular complexity index is 869. The smallest absolute Gasteiger partial charge is 0.271 e. The lowest BCUT2D eigenvalue weighted by molar-refractivity contribution is 0.0929. The maximum atomic E-state index is 12.5. The van der Waals surface area contributed by atoms with Crippen molar-refractivity contribution < 1.29 is 4.79 Å². The van der Waals surface area contributed by atoms with Crippen molar-refractivity contribution in [3.63, 3.8) is 0 Å². The van der Waals surface area contributed by atoms with Crippen molar-refractivity contribution in [2.75, 3.05) is 13.6 Å². The Kier molecular flexibility index (Phi) is 6.74. The predicted molar refractivity (Wildman–Crippen MR) is 110 cm³/mol. The topological polar surface area (TPSA) is 115 Å². The molecule has 150 valence electrons. The molecule has 0 unspecified atom stereocenters. The molecule has 1 aromatic carbocycles. The minimum atomic E-state index is -0.215. The zero-order valence-electron chi connectivity index (χ0n) is 16.4. The average Bonchev–Trinajstić information content (AvgIpc) is 2.79. The normalized spacial score (nSPS) is 21.7. The zero-order valence-corrected chi connectivity index (χ0v) is 16.4. The number of carbonyl (C=O) groups excluding carboxylic acids is 1. The fourth-order valence-electron chi connectivity index (χ4n) is 3.83. The standard InChI is InChI=1S/C21H25N7O/c1-23-20(27-15-22)28-17-7-9-21(10-8-17,16-5-3-2-4-6-16)14-26-19(29)18-13-24-11-12-25-18/h2-6,11-13,17H,7-10,14H2,1H3,(H,26,29)(H2,23,27,28)/t17-,21-. The summed E-state index contributed by atoms with van der Waals surface area (Å²) < 4.78 is 0. The van der Waals surface area contributed by atoms with Crippen LogP contribution in [0.2, 0.25) is 0 Å². The molecule has 1 aliphatic rings. The first-order valence-corrected chi connectivity index (χ1v) is 9.68. The van der Waals surface area contributed by atoms with E-state index in [0.717, 1.165) is 25.7 Å². The van der Waals surface area contributed by atoms with E-state index in [2.05, 4.69) is 43.0 Å². The van der Waals surface area contributed by atoms with Crippen LogP contribution in [0.1, 0.15) is 41.7 Å². The fraction of sp³-hybridized carbons (Fsp3) is 0.381. The van der Waals surface area contributed by atoms with Crippen LogP contribution < -0.4 is 16.0 Å². The van der Waals surface area contributed by atoms with Crippen LogP contribution in [0, 0.1) is 11.5 Å². The SMILES string of the molecule is CN/C(=N\C#N)N[C@H]1CC[C@](CNC(=O)c2cnccn2)(c2ccccc2)CC1. The third kappa shape index (κ3) is 5.08. The molecule has 0 aliphatic heterocycles. The minimum Gasteiger partial charge on any atom is -0.359 e. The van der Waals surface area contributed by atoms with Crippen LogP contribution >= 0.6 is 0 Å². The van der Waals surface area contributed by atoms with E-state index in [9.17, 15) is 4.79 Å². The number of carbonyl (C=O) groups is 1. The Morgan fingerprint density at radius 1 is 1.28 bits per heavy atom. The molecule has 2 aromatic rings. The van der Waals surface area contributed by atoms with E-state index in [0.29, 0.717) is 18.2 Å². The number of hydrogen-bond donors (Lipinski definition) is 3. The zero-order chi connectivity index (χ0) is 20.5. The van der Waals surface area contributed by atoms with Crippen LogP contribution in [0.15, 0.2) is 53.9 Å². The number of nitrogens with one attached hydrogen (secondary N) is 3. The number of benzene rings is 1. The van der Waals surface area contributed by atoms with E-state index in [1.807, 2.05) is 18.2 Å². The second-order valence-electron chi connectivity index (χ2n) is 7.15. The number of nitrogens with zero attached hydrogens (tertiary/aromatic N) is 4. The molecule has 1 aliphatic carbocycles. The predicted octanol–water partition coefficient (Wildman–Crippen LogP) is 1.73. The van der Waals surface area contributed by atoms with E-state index < -0.39 is 0 Å². The van der Waals surface area contributed by atoms with E-state index in [1.165, 1.54) is 18.0 Å². The summed E-state index contributed by atoms with van der Waals surface area (Å²) in [6.07, 6.45) is 9.95. The molecule has 1 amide bonds. The number of hydrogen-bond acceptors (Lipinski definition) is 5. The van der Waals surface area contributed by atoms with Crippen LogP contribution in [0.3, 0.4) is 0 Å². The molecule has 3 N–H and O–H groups in total. The molecule has 0 atom stereocenters. The molecular formula is C21H25N7O. The first-order chi connectivity index (χ1) is 14.2. The van der Waals surface area contributed by atoms with Crippen molar-refractivity contribution in [1.82, 2.24) is 25.9 Å². The number of rotatable bonds is 5. The lowest BCUT2D eigenvalue weighted by atomic mass is 9.68. The molecule has 8 heteroatoms. The van der Waals surface area contributed by atoms with Crippen LogP contribution in [0.5, 0.6) is 0 Å². The average molecular weight is 391 g/mol. The van der Waals surface area contributed by atoms with Crippen molar-refractivity contribution >= 4 is 11.9 Å². The molecule has 0 saturated heterocycles. The van der Waals surface area contributed by atoms with E-state index in [1.54, 1.807) is 19.4 Å². The highest BCUT2D eigenvalue weighted by atomic mass is 16.1. The van der Waals surface area contributed by atoms with Gasteiger partial charge in [-0.2, -0.15) is 5.26 Å². The molecular weight excluding hydrogens is 366 g/mol. The molecule has 29 heavy (non-hydrogen) atoms. The summed E-state index contributed by atoms with van der Waals surface area (Å²) in [5, 5.41) is 18.0. The lowest BCUT2D eigenvalue weighted by Crippen LogP contribution is -2.49. The van der Waals surface area contributed by atoms with Gasteiger partial charge in [0.15, 0.2) is 0 Å². The van der Waals surface area contributed by atoms with Gasteiger partial charge in [-0.1, -0.05) is 30.3 Å². The van der Waals surface area contributed by atoms with Gasteiger partial charge in [0.1, 0.15) is 5.69 Å². The highest BCUT2D eigenvalue weighted by Gasteiger charge is 2.37. The maximum absolute atomic E-state index is 12.5. The molecule has 1 fully saturated rings. The number of nitriles is 1. The summed E-state index contributed by atoms with van der Waals surface area (Å²) in [5.41, 5.74) is 1.39. The molecule has 3 rings (SSSR count). The Hall–Kier alpha value is -3.47. The van der Waals surface area contributed by atoms with Gasteiger partial charge in [-0.25, -0.2) is 4.98 Å². The van der Waals surface area contributed by atoms with Crippen molar-refractivity contribution in [2.24, 2.45) is 4.99 Å². The Labute approximate surface area is 170 Å². The maximum Gasteiger partial charge on any atom is 0.271 e. The Balaban J connectivity index is 1.71. The van der Waals surface area contributed by atoms with Crippen LogP contribution in [0.4, 0.5) is 0 Å². The summed E-state index contributed by atoms with van der Waals surface area (Å²) in [5.74, 6) is 0.271. The van der Waals surface area contributed by atoms with Gasteiger partial charge >= 0.3 is 0 Å². The lowest BCUT2D eigenvalue weighted by Gasteiger charge is -2.41. The van der Waals surface area contributed by atoms with Gasteiger partial charge in [-0.15, -0.1) is 4.99 Å². The summed E-state index contributed by atoms with van der Waals surface area (Å²) in [7, 11) is 1.74. The fourth-order valence-corrected chi connectivity index (χ4v) is 3.83. The molecule has 8 nitrogen and oxygen atoms in total. The van der Waals surface area contributed by atoms with Crippen molar-refractivity contribution in [2.45, 2.75) is 37.1 Å². The molecule has 1 aromatic heterocycles. The van der Waals surface area contributed by atoms with Gasteiger partial charge in [-0.05, 0) is 31.2 Å². The molecule has 0 radical (unpaired) electrons. The quantitative estimate of drug-likeness (QED) is 0.406. The van der Waals surface area contributed by atoms with Gasteiger partial charge < -0.3 is 16.0 Å². The van der Waals surface area contributed by atoms with Crippen molar-refractivity contribution in [3.8, 4) is 6.19 Å². The molecule has 0 bridgehead atoms. The third-order valence-corrected chi connectivity index (χ3v) is 5.45. The van der Waals surface area contributed by atoms with Crippen LogP contribution in [0.25, 0.3) is 0 Å². The van der Waals surface area contributed by atoms with Gasteiger partial charge in [0.05, 0.1) is 6.20 Å². The highest BCUT2D eigenvalue weighted by Crippen LogP contribution is 2.39. The van der Waals surface area contributed by atoms with Gasteiger partial charge in [0, 0.05) is 37.4 Å². The number of guanidine groups is 1. The van der Waals surface area contributed by atoms with E-state index in [4.69, 9.17) is 5.26 Å². The second-order valence-corrected chi connectivity index (χ2v) is 7.15. The first kappa shape index (κ1) is 20.3. The first-order valence-electron chi connectivity index (χ1n) is 9.68. The minimum absolute atomic E-state index is 0.149. The van der Waals surface area contributed by atoms with Gasteiger partial charge in [0.25, 0.3) is 5.91 Å². The van der Waals surface area contributed by atoms with Crippen LogP contribution in [-0.4, -0.2) is 41.5 Å². The summed E-state index contributed by atoms with van der Waals surface area (Å²) in [6, 6.07) is 10.5. The second kappa shape index (κ2) is 9.64. The Morgan fingerprint density at radius 2 is 2.03 bits per heavy atom. The number of aromatic nitrogens is 2. The summed E-state index contributed by atoms with van der Waals surface area (Å²) >= 11 is 0. The Morgan fingerprint density at radius 3 is 2.66 bits per heavy atom. The third-order valence-electron chi connectivity index (χ3n) is 5.45. The molecule has 1 saturated carbocycles. The number of aliphatic imine (C=N–C) groups is 1.